The first-order chi connectivity index (χ1) is 12.9. The van der Waals surface area contributed by atoms with Crippen LogP contribution in [0.3, 0.4) is 0 Å². The highest BCUT2D eigenvalue weighted by atomic mass is 79.9. The van der Waals surface area contributed by atoms with Crippen LogP contribution in [0.15, 0.2) is 51.4 Å². The van der Waals surface area contributed by atoms with Crippen molar-refractivity contribution in [1.82, 2.24) is 10.9 Å². The lowest BCUT2D eigenvalue weighted by molar-refractivity contribution is -0.131. The van der Waals surface area contributed by atoms with Crippen LogP contribution in [-0.2, 0) is 9.59 Å². The van der Waals surface area contributed by atoms with Gasteiger partial charge >= 0.3 is 0 Å². The molecule has 0 aliphatic rings. The van der Waals surface area contributed by atoms with Crippen LogP contribution < -0.4 is 20.3 Å². The van der Waals surface area contributed by atoms with Gasteiger partial charge in [0.25, 0.3) is 11.8 Å². The van der Waals surface area contributed by atoms with Gasteiger partial charge in [0.2, 0.25) is 0 Å². The fraction of sp³-hybridized carbons (Fsp3) is 0.263. The summed E-state index contributed by atoms with van der Waals surface area (Å²) in [6.07, 6.45) is 0. The quantitative estimate of drug-likeness (QED) is 0.565. The fourth-order valence-corrected chi connectivity index (χ4v) is 3.34. The number of hydrazine groups is 1. The number of rotatable bonds is 7. The summed E-state index contributed by atoms with van der Waals surface area (Å²) in [5.74, 6) is 0.497. The van der Waals surface area contributed by atoms with Gasteiger partial charge in [0, 0.05) is 4.47 Å². The summed E-state index contributed by atoms with van der Waals surface area (Å²) in [7, 11) is 0. The molecule has 0 heterocycles. The third-order valence-electron chi connectivity index (χ3n) is 3.49. The molecule has 0 saturated carbocycles. The van der Waals surface area contributed by atoms with Crippen molar-refractivity contribution in [2.45, 2.75) is 19.8 Å². The fourth-order valence-electron chi connectivity index (χ4n) is 2.18. The number of carbonyl (C=O) groups is 2. The SMILES string of the molecule is CC(C)c1ccccc1OCC(=O)NNC(=O)COc1ccc(Br)cc1Br. The molecular formula is C19H20Br2N2O4. The van der Waals surface area contributed by atoms with E-state index in [0.717, 1.165) is 10.0 Å². The molecule has 0 aliphatic heterocycles. The van der Waals surface area contributed by atoms with Crippen molar-refractivity contribution in [3.63, 3.8) is 0 Å². The lowest BCUT2D eigenvalue weighted by Gasteiger charge is -2.14. The van der Waals surface area contributed by atoms with Crippen molar-refractivity contribution in [3.8, 4) is 11.5 Å². The molecule has 2 aromatic rings. The predicted molar refractivity (Wildman–Crippen MR) is 110 cm³/mol. The van der Waals surface area contributed by atoms with Gasteiger partial charge < -0.3 is 9.47 Å². The molecule has 0 aliphatic carbocycles. The Bertz CT molecular complexity index is 812. The molecular weight excluding hydrogens is 480 g/mol. The standard InChI is InChI=1S/C19H20Br2N2O4/c1-12(2)14-5-3-4-6-16(14)26-10-18(24)22-23-19(25)11-27-17-8-7-13(20)9-15(17)21/h3-9,12H,10-11H2,1-2H3,(H,22,24)(H,23,25). The zero-order valence-corrected chi connectivity index (χ0v) is 18.1. The summed E-state index contributed by atoms with van der Waals surface area (Å²) >= 11 is 6.68. The smallest absolute Gasteiger partial charge is 0.276 e. The van der Waals surface area contributed by atoms with E-state index in [2.05, 4.69) is 42.7 Å². The summed E-state index contributed by atoms with van der Waals surface area (Å²) in [5, 5.41) is 0. The minimum atomic E-state index is -0.485. The van der Waals surface area contributed by atoms with Crippen molar-refractivity contribution >= 4 is 43.7 Å². The van der Waals surface area contributed by atoms with Gasteiger partial charge in [0.1, 0.15) is 11.5 Å². The van der Waals surface area contributed by atoms with Gasteiger partial charge in [-0.15, -0.1) is 0 Å². The molecule has 2 rings (SSSR count). The molecule has 8 heteroatoms. The molecule has 2 aromatic carbocycles. The maximum absolute atomic E-state index is 11.9. The van der Waals surface area contributed by atoms with Gasteiger partial charge in [0.15, 0.2) is 13.2 Å². The first-order valence-corrected chi connectivity index (χ1v) is 9.82. The number of hydrogen-bond donors (Lipinski definition) is 2. The highest BCUT2D eigenvalue weighted by Crippen LogP contribution is 2.28. The van der Waals surface area contributed by atoms with E-state index in [9.17, 15) is 9.59 Å². The molecule has 0 unspecified atom stereocenters. The molecule has 6 nitrogen and oxygen atoms in total. The number of nitrogens with one attached hydrogen (secondary N) is 2. The summed E-state index contributed by atoms with van der Waals surface area (Å²) in [6.45, 7) is 3.65. The van der Waals surface area contributed by atoms with Crippen LogP contribution in [-0.4, -0.2) is 25.0 Å². The lowest BCUT2D eigenvalue weighted by Crippen LogP contribution is -2.45. The molecule has 27 heavy (non-hydrogen) atoms. The Labute approximate surface area is 174 Å². The minimum absolute atomic E-state index is 0.205. The van der Waals surface area contributed by atoms with Crippen molar-refractivity contribution < 1.29 is 19.1 Å². The second kappa shape index (κ2) is 10.3. The molecule has 0 spiro atoms. The lowest BCUT2D eigenvalue weighted by atomic mass is 10.0. The summed E-state index contributed by atoms with van der Waals surface area (Å²) < 4.78 is 12.5. The second-order valence-corrected chi connectivity index (χ2v) is 7.71. The Morgan fingerprint density at radius 3 is 2.11 bits per heavy atom. The van der Waals surface area contributed by atoms with E-state index in [4.69, 9.17) is 9.47 Å². The highest BCUT2D eigenvalue weighted by molar-refractivity contribution is 9.11. The number of benzene rings is 2. The number of amides is 2. The number of hydrogen-bond acceptors (Lipinski definition) is 4. The van der Waals surface area contributed by atoms with E-state index in [0.29, 0.717) is 16.0 Å². The highest BCUT2D eigenvalue weighted by Gasteiger charge is 2.11. The van der Waals surface area contributed by atoms with E-state index in [-0.39, 0.29) is 19.1 Å². The number of halogens is 2. The predicted octanol–water partition coefficient (Wildman–Crippen LogP) is 3.94. The summed E-state index contributed by atoms with van der Waals surface area (Å²) in [6, 6.07) is 12.9. The average molecular weight is 500 g/mol. The molecule has 0 atom stereocenters. The third kappa shape index (κ3) is 6.88. The number of carbonyl (C=O) groups excluding carboxylic acids is 2. The van der Waals surface area contributed by atoms with Crippen LogP contribution in [0.2, 0.25) is 0 Å². The van der Waals surface area contributed by atoms with Crippen molar-refractivity contribution in [2.75, 3.05) is 13.2 Å². The third-order valence-corrected chi connectivity index (χ3v) is 4.61. The summed E-state index contributed by atoms with van der Waals surface area (Å²) in [5.41, 5.74) is 5.60. The van der Waals surface area contributed by atoms with Crippen molar-refractivity contribution in [1.29, 1.82) is 0 Å². The van der Waals surface area contributed by atoms with Gasteiger partial charge in [-0.2, -0.15) is 0 Å². The van der Waals surface area contributed by atoms with Crippen molar-refractivity contribution in [2.24, 2.45) is 0 Å². The minimum Gasteiger partial charge on any atom is -0.483 e. The van der Waals surface area contributed by atoms with Gasteiger partial charge in [-0.3, -0.25) is 20.4 Å². The van der Waals surface area contributed by atoms with Gasteiger partial charge in [-0.05, 0) is 51.7 Å². The van der Waals surface area contributed by atoms with Gasteiger partial charge in [-0.25, -0.2) is 0 Å². The zero-order valence-electron chi connectivity index (χ0n) is 14.9. The molecule has 0 radical (unpaired) electrons. The zero-order chi connectivity index (χ0) is 19.8. The molecule has 0 saturated heterocycles. The molecule has 2 N–H and O–H groups in total. The van der Waals surface area contributed by atoms with Crippen molar-refractivity contribution in [3.05, 3.63) is 57.0 Å². The van der Waals surface area contributed by atoms with Crippen LogP contribution in [0.5, 0.6) is 11.5 Å². The second-order valence-electron chi connectivity index (χ2n) is 5.94. The molecule has 144 valence electrons. The molecule has 0 aromatic heterocycles. The largest absolute Gasteiger partial charge is 0.483 e. The maximum atomic E-state index is 11.9. The van der Waals surface area contributed by atoms with E-state index in [1.807, 2.05) is 38.1 Å². The topological polar surface area (TPSA) is 76.7 Å². The monoisotopic (exact) mass is 498 g/mol. The molecule has 0 bridgehead atoms. The van der Waals surface area contributed by atoms with Crippen LogP contribution in [0.4, 0.5) is 0 Å². The van der Waals surface area contributed by atoms with Crippen LogP contribution in [0.1, 0.15) is 25.3 Å². The van der Waals surface area contributed by atoms with Crippen LogP contribution in [0.25, 0.3) is 0 Å². The van der Waals surface area contributed by atoms with Gasteiger partial charge in [0.05, 0.1) is 4.47 Å². The van der Waals surface area contributed by atoms with Gasteiger partial charge in [-0.1, -0.05) is 48.0 Å². The number of para-hydroxylation sites is 1. The van der Waals surface area contributed by atoms with E-state index in [1.54, 1.807) is 18.2 Å². The maximum Gasteiger partial charge on any atom is 0.276 e. The van der Waals surface area contributed by atoms with Crippen LogP contribution in [0, 0.1) is 0 Å². The Hall–Kier alpha value is -2.06. The van der Waals surface area contributed by atoms with Crippen LogP contribution >= 0.6 is 31.9 Å². The average Bonchev–Trinajstić information content (AvgIpc) is 2.64. The normalized spacial score (nSPS) is 10.4. The molecule has 0 fully saturated rings. The Morgan fingerprint density at radius 2 is 1.52 bits per heavy atom. The van der Waals surface area contributed by atoms with E-state index >= 15 is 0 Å². The Morgan fingerprint density at radius 1 is 0.926 bits per heavy atom. The summed E-state index contributed by atoms with van der Waals surface area (Å²) in [4.78, 5) is 23.7. The van der Waals surface area contributed by atoms with E-state index < -0.39 is 11.8 Å². The molecule has 2 amide bonds. The van der Waals surface area contributed by atoms with E-state index in [1.165, 1.54) is 0 Å². The first-order valence-electron chi connectivity index (χ1n) is 8.24. The Balaban J connectivity index is 1.74. The number of ether oxygens (including phenoxy) is 2. The Kier molecular flexibility index (Phi) is 8.12. The first kappa shape index (κ1) is 21.2.